The van der Waals surface area contributed by atoms with Crippen LogP contribution in [0.1, 0.15) is 42.4 Å². The number of ether oxygens (including phenoxy) is 3. The third-order valence-corrected chi connectivity index (χ3v) is 4.41. The van der Waals surface area contributed by atoms with Gasteiger partial charge in [-0.3, -0.25) is 0 Å². The molecule has 0 spiro atoms. The summed E-state index contributed by atoms with van der Waals surface area (Å²) in [5.74, 6) is 0.564. The van der Waals surface area contributed by atoms with E-state index in [2.05, 4.69) is 18.7 Å². The molecule has 0 N–H and O–H groups in total. The number of carbonyl (C=O) groups is 1. The van der Waals surface area contributed by atoms with Crippen molar-refractivity contribution in [2.75, 3.05) is 37.8 Å². The van der Waals surface area contributed by atoms with Crippen LogP contribution in [0.5, 0.6) is 0 Å². The minimum Gasteiger partial charge on any atom is -0.462 e. The van der Waals surface area contributed by atoms with Gasteiger partial charge in [0.05, 0.1) is 37.6 Å². The summed E-state index contributed by atoms with van der Waals surface area (Å²) < 4.78 is 16.6. The Morgan fingerprint density at radius 1 is 1.29 bits per heavy atom. The molecule has 0 saturated carbocycles. The zero-order valence-corrected chi connectivity index (χ0v) is 14.7. The van der Waals surface area contributed by atoms with E-state index < -0.39 is 0 Å². The lowest BCUT2D eigenvalue weighted by atomic mass is 10.0. The van der Waals surface area contributed by atoms with Crippen LogP contribution in [-0.4, -0.2) is 56.1 Å². The molecule has 6 heteroatoms. The van der Waals surface area contributed by atoms with Crippen LogP contribution in [0.15, 0.2) is 6.07 Å². The topological polar surface area (TPSA) is 60.9 Å². The van der Waals surface area contributed by atoms with Gasteiger partial charge < -0.3 is 19.1 Å². The van der Waals surface area contributed by atoms with Crippen molar-refractivity contribution in [3.63, 3.8) is 0 Å². The first-order chi connectivity index (χ1) is 11.6. The van der Waals surface area contributed by atoms with E-state index in [4.69, 9.17) is 19.2 Å². The third-order valence-electron chi connectivity index (χ3n) is 4.41. The lowest BCUT2D eigenvalue weighted by Crippen LogP contribution is -2.46. The zero-order chi connectivity index (χ0) is 17.1. The van der Waals surface area contributed by atoms with Gasteiger partial charge in [-0.1, -0.05) is 0 Å². The predicted octanol–water partition coefficient (Wildman–Crippen LogP) is 1.99. The molecule has 2 atom stereocenters. The number of esters is 1. The number of carbonyl (C=O) groups excluding carboxylic acids is 1. The van der Waals surface area contributed by atoms with Gasteiger partial charge in [0.2, 0.25) is 0 Å². The Kier molecular flexibility index (Phi) is 5.36. The van der Waals surface area contributed by atoms with E-state index in [0.29, 0.717) is 31.8 Å². The first-order valence-corrected chi connectivity index (χ1v) is 8.76. The predicted molar refractivity (Wildman–Crippen MR) is 90.6 cm³/mol. The van der Waals surface area contributed by atoms with Gasteiger partial charge in [-0.15, -0.1) is 0 Å². The molecular weight excluding hydrogens is 308 g/mol. The normalized spacial score (nSPS) is 24.2. The Bertz CT molecular complexity index is 595. The number of hydrogen-bond donors (Lipinski definition) is 0. The molecule has 2 aliphatic heterocycles. The van der Waals surface area contributed by atoms with Gasteiger partial charge >= 0.3 is 5.97 Å². The summed E-state index contributed by atoms with van der Waals surface area (Å²) in [7, 11) is 0. The maximum absolute atomic E-state index is 12.5. The van der Waals surface area contributed by atoms with Gasteiger partial charge in [-0.2, -0.15) is 0 Å². The molecule has 1 fully saturated rings. The fourth-order valence-corrected chi connectivity index (χ4v) is 3.46. The molecule has 6 nitrogen and oxygen atoms in total. The van der Waals surface area contributed by atoms with Gasteiger partial charge in [0.15, 0.2) is 0 Å². The summed E-state index contributed by atoms with van der Waals surface area (Å²) in [6, 6.07) is 1.88. The SMILES string of the molecule is CCOC(=O)c1cc(N2CC(C)OC(C)C2)nc2c1CCOCC2. The van der Waals surface area contributed by atoms with Crippen molar-refractivity contribution in [2.45, 2.75) is 45.8 Å². The van der Waals surface area contributed by atoms with Crippen LogP contribution in [0.4, 0.5) is 5.82 Å². The highest BCUT2D eigenvalue weighted by Crippen LogP contribution is 2.26. The molecule has 132 valence electrons. The van der Waals surface area contributed by atoms with Crippen LogP contribution in [0, 0.1) is 0 Å². The van der Waals surface area contributed by atoms with Crippen molar-refractivity contribution < 1.29 is 19.0 Å². The molecule has 0 aliphatic carbocycles. The Labute approximate surface area is 143 Å². The van der Waals surface area contributed by atoms with E-state index in [-0.39, 0.29) is 18.2 Å². The number of fused-ring (bicyclic) bond motifs is 1. The Balaban J connectivity index is 1.99. The maximum Gasteiger partial charge on any atom is 0.338 e. The number of anilines is 1. The number of pyridine rings is 1. The summed E-state index contributed by atoms with van der Waals surface area (Å²) >= 11 is 0. The molecule has 24 heavy (non-hydrogen) atoms. The van der Waals surface area contributed by atoms with Gasteiger partial charge in [0.1, 0.15) is 5.82 Å². The zero-order valence-electron chi connectivity index (χ0n) is 14.7. The maximum atomic E-state index is 12.5. The first kappa shape index (κ1) is 17.2. The van der Waals surface area contributed by atoms with Gasteiger partial charge in [-0.05, 0) is 38.8 Å². The lowest BCUT2D eigenvalue weighted by Gasteiger charge is -2.36. The largest absolute Gasteiger partial charge is 0.462 e. The minimum atomic E-state index is -0.270. The van der Waals surface area contributed by atoms with Gasteiger partial charge in [0.25, 0.3) is 0 Å². The molecule has 1 aromatic heterocycles. The van der Waals surface area contributed by atoms with E-state index >= 15 is 0 Å². The second-order valence-electron chi connectivity index (χ2n) is 6.45. The molecule has 3 heterocycles. The molecule has 0 bridgehead atoms. The summed E-state index contributed by atoms with van der Waals surface area (Å²) in [6.45, 7) is 9.12. The number of nitrogens with zero attached hydrogens (tertiary/aromatic N) is 2. The molecule has 2 unspecified atom stereocenters. The first-order valence-electron chi connectivity index (χ1n) is 8.76. The summed E-state index contributed by atoms with van der Waals surface area (Å²) in [6.07, 6.45) is 1.71. The van der Waals surface area contributed by atoms with Gasteiger partial charge in [0, 0.05) is 25.2 Å². The highest BCUT2D eigenvalue weighted by Gasteiger charge is 2.27. The van der Waals surface area contributed by atoms with Crippen molar-refractivity contribution in [1.82, 2.24) is 4.98 Å². The summed E-state index contributed by atoms with van der Waals surface area (Å²) in [4.78, 5) is 19.5. The van der Waals surface area contributed by atoms with E-state index in [1.165, 1.54) is 0 Å². The standard InChI is InChI=1S/C18H26N2O4/c1-4-23-18(21)15-9-17(20-10-12(2)24-13(3)11-20)19-16-6-8-22-7-5-14(15)16/h9,12-13H,4-8,10-11H2,1-3H3. The van der Waals surface area contributed by atoms with E-state index in [1.807, 2.05) is 13.0 Å². The van der Waals surface area contributed by atoms with Crippen LogP contribution in [0.2, 0.25) is 0 Å². The Hall–Kier alpha value is -1.66. The number of aromatic nitrogens is 1. The average Bonchev–Trinajstić information content (AvgIpc) is 2.78. The highest BCUT2D eigenvalue weighted by atomic mass is 16.5. The summed E-state index contributed by atoms with van der Waals surface area (Å²) in [5.41, 5.74) is 2.57. The van der Waals surface area contributed by atoms with Crippen LogP contribution in [-0.2, 0) is 27.1 Å². The molecule has 2 aliphatic rings. The Morgan fingerprint density at radius 2 is 2.00 bits per heavy atom. The van der Waals surface area contributed by atoms with Crippen molar-refractivity contribution in [2.24, 2.45) is 0 Å². The van der Waals surface area contributed by atoms with Crippen LogP contribution >= 0.6 is 0 Å². The van der Waals surface area contributed by atoms with Crippen molar-refractivity contribution in [1.29, 1.82) is 0 Å². The van der Waals surface area contributed by atoms with Crippen molar-refractivity contribution >= 4 is 11.8 Å². The van der Waals surface area contributed by atoms with E-state index in [0.717, 1.165) is 36.6 Å². The van der Waals surface area contributed by atoms with Crippen LogP contribution in [0.3, 0.4) is 0 Å². The molecule has 0 radical (unpaired) electrons. The summed E-state index contributed by atoms with van der Waals surface area (Å²) in [5, 5.41) is 0. The molecular formula is C18H26N2O4. The monoisotopic (exact) mass is 334 g/mol. The van der Waals surface area contributed by atoms with Crippen LogP contribution in [0.25, 0.3) is 0 Å². The molecule has 0 aromatic carbocycles. The van der Waals surface area contributed by atoms with E-state index in [1.54, 1.807) is 0 Å². The second-order valence-corrected chi connectivity index (χ2v) is 6.45. The quantitative estimate of drug-likeness (QED) is 0.788. The minimum absolute atomic E-state index is 0.142. The molecule has 3 rings (SSSR count). The lowest BCUT2D eigenvalue weighted by molar-refractivity contribution is -0.00547. The van der Waals surface area contributed by atoms with Crippen LogP contribution < -0.4 is 4.90 Å². The molecule has 1 aromatic rings. The number of rotatable bonds is 3. The van der Waals surface area contributed by atoms with E-state index in [9.17, 15) is 4.79 Å². The van der Waals surface area contributed by atoms with Crippen molar-refractivity contribution in [3.8, 4) is 0 Å². The fourth-order valence-electron chi connectivity index (χ4n) is 3.46. The van der Waals surface area contributed by atoms with Gasteiger partial charge in [-0.25, -0.2) is 9.78 Å². The van der Waals surface area contributed by atoms with Crippen molar-refractivity contribution in [3.05, 3.63) is 22.9 Å². The fraction of sp³-hybridized carbons (Fsp3) is 0.667. The highest BCUT2D eigenvalue weighted by molar-refractivity contribution is 5.92. The Morgan fingerprint density at radius 3 is 2.71 bits per heavy atom. The number of hydrogen-bond acceptors (Lipinski definition) is 6. The molecule has 1 saturated heterocycles. The third kappa shape index (κ3) is 3.70. The average molecular weight is 334 g/mol. The molecule has 0 amide bonds. The second kappa shape index (κ2) is 7.49. The smallest absolute Gasteiger partial charge is 0.338 e. The number of morpholine rings is 1.